The number of ether oxygens (including phenoxy) is 1. The number of carbonyl (C=O) groups is 1. The number of benzene rings is 2. The van der Waals surface area contributed by atoms with Crippen LogP contribution in [0.2, 0.25) is 0 Å². The summed E-state index contributed by atoms with van der Waals surface area (Å²) in [4.78, 5) is 17.0. The van der Waals surface area contributed by atoms with E-state index in [-0.39, 0.29) is 11.7 Å². The lowest BCUT2D eigenvalue weighted by atomic mass is 10.2. The van der Waals surface area contributed by atoms with E-state index in [9.17, 15) is 9.18 Å². The lowest BCUT2D eigenvalue weighted by Gasteiger charge is -2.36. The van der Waals surface area contributed by atoms with Crippen molar-refractivity contribution in [3.8, 4) is 17.1 Å². The molecule has 0 spiro atoms. The van der Waals surface area contributed by atoms with Crippen molar-refractivity contribution in [1.29, 1.82) is 0 Å². The summed E-state index contributed by atoms with van der Waals surface area (Å²) in [6, 6.07) is 14.2. The number of rotatable bonds is 9. The van der Waals surface area contributed by atoms with Crippen LogP contribution < -0.4 is 9.64 Å². The molecule has 0 unspecified atom stereocenters. The van der Waals surface area contributed by atoms with Crippen LogP contribution in [0, 0.1) is 5.82 Å². The number of hydrogen-bond donors (Lipinski definition) is 0. The number of piperazine rings is 1. The SMILES string of the molecule is C=CCn1c(SCCC(=O)N2CCN(c3ccc(OC)cc3)CC2)nnc1-c1ccc(F)cc1. The third kappa shape index (κ3) is 5.59. The molecule has 1 amide bonds. The monoisotopic (exact) mass is 481 g/mol. The van der Waals surface area contributed by atoms with E-state index in [2.05, 4.69) is 21.7 Å². The number of aromatic nitrogens is 3. The Morgan fingerprint density at radius 3 is 2.44 bits per heavy atom. The highest BCUT2D eigenvalue weighted by molar-refractivity contribution is 7.99. The van der Waals surface area contributed by atoms with E-state index in [0.29, 0.717) is 37.6 Å². The summed E-state index contributed by atoms with van der Waals surface area (Å²) in [6.07, 6.45) is 2.20. The van der Waals surface area contributed by atoms with Crippen molar-refractivity contribution in [1.82, 2.24) is 19.7 Å². The van der Waals surface area contributed by atoms with Crippen molar-refractivity contribution in [2.75, 3.05) is 43.9 Å². The highest BCUT2D eigenvalue weighted by Crippen LogP contribution is 2.25. The molecule has 1 fully saturated rings. The van der Waals surface area contributed by atoms with E-state index in [1.165, 1.54) is 23.9 Å². The zero-order valence-electron chi connectivity index (χ0n) is 19.2. The third-order valence-corrected chi connectivity index (χ3v) is 6.72. The first kappa shape index (κ1) is 23.8. The second kappa shape index (κ2) is 11.2. The van der Waals surface area contributed by atoms with Gasteiger partial charge in [0.25, 0.3) is 0 Å². The fourth-order valence-electron chi connectivity index (χ4n) is 3.90. The van der Waals surface area contributed by atoms with Gasteiger partial charge in [0.2, 0.25) is 5.91 Å². The lowest BCUT2D eigenvalue weighted by molar-refractivity contribution is -0.131. The maximum atomic E-state index is 13.3. The number of allylic oxidation sites excluding steroid dienone is 1. The lowest BCUT2D eigenvalue weighted by Crippen LogP contribution is -2.48. The predicted octanol–water partition coefficient (Wildman–Crippen LogP) is 4.11. The standard InChI is InChI=1S/C25H28FN5O2S/c1-3-13-31-24(19-4-6-20(26)7-5-19)27-28-25(31)34-18-12-23(32)30-16-14-29(15-17-30)21-8-10-22(33-2)11-9-21/h3-11H,1,12-18H2,2H3. The summed E-state index contributed by atoms with van der Waals surface area (Å²) < 4.78 is 20.4. The van der Waals surface area contributed by atoms with Crippen LogP contribution in [0.1, 0.15) is 6.42 Å². The van der Waals surface area contributed by atoms with E-state index in [1.807, 2.05) is 33.7 Å². The largest absolute Gasteiger partial charge is 0.497 e. The Morgan fingerprint density at radius 2 is 1.79 bits per heavy atom. The summed E-state index contributed by atoms with van der Waals surface area (Å²) >= 11 is 1.50. The minimum Gasteiger partial charge on any atom is -0.497 e. The fraction of sp³-hybridized carbons (Fsp3) is 0.320. The quantitative estimate of drug-likeness (QED) is 0.339. The molecule has 1 aromatic heterocycles. The summed E-state index contributed by atoms with van der Waals surface area (Å²) in [5.74, 6) is 1.95. The molecule has 0 N–H and O–H groups in total. The van der Waals surface area contributed by atoms with Crippen molar-refractivity contribution in [2.45, 2.75) is 18.1 Å². The van der Waals surface area contributed by atoms with Gasteiger partial charge in [0.15, 0.2) is 11.0 Å². The molecular weight excluding hydrogens is 453 g/mol. The summed E-state index contributed by atoms with van der Waals surface area (Å²) in [7, 11) is 1.66. The Kier molecular flexibility index (Phi) is 7.84. The maximum Gasteiger partial charge on any atom is 0.223 e. The van der Waals surface area contributed by atoms with Crippen LogP contribution in [0.5, 0.6) is 5.75 Å². The van der Waals surface area contributed by atoms with Gasteiger partial charge in [0, 0.05) is 56.1 Å². The molecule has 1 saturated heterocycles. The normalized spacial score (nSPS) is 13.7. The van der Waals surface area contributed by atoms with Crippen LogP contribution in [-0.2, 0) is 11.3 Å². The zero-order chi connectivity index (χ0) is 23.9. The average Bonchev–Trinajstić information content (AvgIpc) is 3.27. The molecule has 0 saturated carbocycles. The van der Waals surface area contributed by atoms with Gasteiger partial charge in [-0.1, -0.05) is 17.8 Å². The zero-order valence-corrected chi connectivity index (χ0v) is 20.0. The maximum absolute atomic E-state index is 13.3. The number of halogens is 1. The molecule has 178 valence electrons. The molecule has 3 aromatic rings. The number of anilines is 1. The Morgan fingerprint density at radius 1 is 1.09 bits per heavy atom. The minimum atomic E-state index is -0.295. The minimum absolute atomic E-state index is 0.149. The Labute approximate surface area is 203 Å². The van der Waals surface area contributed by atoms with Crippen molar-refractivity contribution in [3.63, 3.8) is 0 Å². The van der Waals surface area contributed by atoms with Crippen molar-refractivity contribution in [3.05, 3.63) is 67.0 Å². The van der Waals surface area contributed by atoms with E-state index >= 15 is 0 Å². The Hall–Kier alpha value is -3.33. The van der Waals surface area contributed by atoms with Crippen LogP contribution in [0.25, 0.3) is 11.4 Å². The molecule has 0 bridgehead atoms. The fourth-order valence-corrected chi connectivity index (χ4v) is 4.77. The number of nitrogens with zero attached hydrogens (tertiary/aromatic N) is 5. The van der Waals surface area contributed by atoms with Gasteiger partial charge < -0.3 is 14.5 Å². The highest BCUT2D eigenvalue weighted by atomic mass is 32.2. The number of methoxy groups -OCH3 is 1. The molecule has 7 nitrogen and oxygen atoms in total. The highest BCUT2D eigenvalue weighted by Gasteiger charge is 2.22. The van der Waals surface area contributed by atoms with E-state index in [0.717, 1.165) is 35.2 Å². The van der Waals surface area contributed by atoms with Gasteiger partial charge >= 0.3 is 0 Å². The average molecular weight is 482 g/mol. The summed E-state index contributed by atoms with van der Waals surface area (Å²) in [5.41, 5.74) is 1.93. The van der Waals surface area contributed by atoms with Gasteiger partial charge in [-0.2, -0.15) is 0 Å². The number of thioether (sulfide) groups is 1. The third-order valence-electron chi connectivity index (χ3n) is 5.75. The number of amides is 1. The smallest absolute Gasteiger partial charge is 0.223 e. The molecule has 0 atom stereocenters. The van der Waals surface area contributed by atoms with Crippen LogP contribution in [0.3, 0.4) is 0 Å². The topological polar surface area (TPSA) is 63.5 Å². The molecule has 0 aliphatic carbocycles. The van der Waals surface area contributed by atoms with Crippen LogP contribution >= 0.6 is 11.8 Å². The van der Waals surface area contributed by atoms with Crippen molar-refractivity contribution >= 4 is 23.4 Å². The summed E-state index contributed by atoms with van der Waals surface area (Å²) in [5, 5.41) is 9.29. The molecule has 4 rings (SSSR count). The van der Waals surface area contributed by atoms with Gasteiger partial charge in [-0.3, -0.25) is 9.36 Å². The number of hydrogen-bond acceptors (Lipinski definition) is 6. The summed E-state index contributed by atoms with van der Waals surface area (Å²) in [6.45, 7) is 7.37. The van der Waals surface area contributed by atoms with E-state index < -0.39 is 0 Å². The Balaban J connectivity index is 1.29. The van der Waals surface area contributed by atoms with Gasteiger partial charge in [0.05, 0.1) is 7.11 Å². The molecule has 34 heavy (non-hydrogen) atoms. The van der Waals surface area contributed by atoms with Crippen LogP contribution in [-0.4, -0.2) is 64.6 Å². The van der Waals surface area contributed by atoms with Gasteiger partial charge in [0.1, 0.15) is 11.6 Å². The molecule has 1 aliphatic rings. The molecule has 2 heterocycles. The van der Waals surface area contributed by atoms with Crippen LogP contribution in [0.4, 0.5) is 10.1 Å². The van der Waals surface area contributed by atoms with Crippen molar-refractivity contribution < 1.29 is 13.9 Å². The first-order valence-corrected chi connectivity index (χ1v) is 12.2. The molecule has 1 aliphatic heterocycles. The second-order valence-corrected chi connectivity index (χ2v) is 8.94. The van der Waals surface area contributed by atoms with Gasteiger partial charge in [-0.25, -0.2) is 4.39 Å². The first-order valence-electron chi connectivity index (χ1n) is 11.2. The first-order chi connectivity index (χ1) is 16.6. The van der Waals surface area contributed by atoms with Gasteiger partial charge in [-0.15, -0.1) is 16.8 Å². The second-order valence-electron chi connectivity index (χ2n) is 7.88. The van der Waals surface area contributed by atoms with Crippen LogP contribution in [0.15, 0.2) is 66.3 Å². The Bertz CT molecular complexity index is 1110. The van der Waals surface area contributed by atoms with E-state index in [1.54, 1.807) is 25.3 Å². The predicted molar refractivity (Wildman–Crippen MR) is 133 cm³/mol. The van der Waals surface area contributed by atoms with E-state index in [4.69, 9.17) is 4.74 Å². The molecule has 2 aromatic carbocycles. The van der Waals surface area contributed by atoms with Gasteiger partial charge in [-0.05, 0) is 48.5 Å². The molecular formula is C25H28FN5O2S. The molecule has 0 radical (unpaired) electrons. The number of carbonyl (C=O) groups excluding carboxylic acids is 1. The molecule has 9 heteroatoms. The van der Waals surface area contributed by atoms with Crippen molar-refractivity contribution in [2.24, 2.45) is 0 Å².